The van der Waals surface area contributed by atoms with Gasteiger partial charge in [-0.05, 0) is 43.0 Å². The molecule has 1 N–H and O–H groups in total. The van der Waals surface area contributed by atoms with Gasteiger partial charge < -0.3 is 5.32 Å². The van der Waals surface area contributed by atoms with E-state index in [1.54, 1.807) is 11.3 Å². The number of rotatable bonds is 6. The molecule has 1 amide bonds. The van der Waals surface area contributed by atoms with E-state index in [0.717, 1.165) is 31.0 Å². The fraction of sp³-hybridized carbons (Fsp3) is 0.688. The lowest BCUT2D eigenvalue weighted by atomic mass is 9.77. The summed E-state index contributed by atoms with van der Waals surface area (Å²) in [6.45, 7) is 2.29. The van der Waals surface area contributed by atoms with Gasteiger partial charge in [-0.3, -0.25) is 4.79 Å². The first-order chi connectivity index (χ1) is 9.63. The minimum atomic E-state index is -0.00230. The van der Waals surface area contributed by atoms with Crippen molar-refractivity contribution in [2.45, 2.75) is 57.4 Å². The van der Waals surface area contributed by atoms with Crippen LogP contribution in [0.25, 0.3) is 0 Å². The van der Waals surface area contributed by atoms with Crippen LogP contribution in [0.3, 0.4) is 0 Å². The Bertz CT molecular complexity index is 420. The predicted molar refractivity (Wildman–Crippen MR) is 89.6 cm³/mol. The van der Waals surface area contributed by atoms with Crippen molar-refractivity contribution in [1.82, 2.24) is 5.32 Å². The zero-order valence-corrected chi connectivity index (χ0v) is 14.6. The molecule has 1 fully saturated rings. The van der Waals surface area contributed by atoms with Gasteiger partial charge >= 0.3 is 0 Å². The van der Waals surface area contributed by atoms with E-state index in [1.807, 2.05) is 0 Å². The van der Waals surface area contributed by atoms with E-state index in [1.165, 1.54) is 17.7 Å². The van der Waals surface area contributed by atoms with Gasteiger partial charge in [0.2, 0.25) is 5.91 Å². The third-order valence-electron chi connectivity index (χ3n) is 4.16. The molecule has 1 saturated carbocycles. The van der Waals surface area contributed by atoms with Crippen LogP contribution < -0.4 is 5.32 Å². The number of thiophene rings is 1. The molecule has 20 heavy (non-hydrogen) atoms. The number of nitrogens with one attached hydrogen (secondary N) is 1. The van der Waals surface area contributed by atoms with Crippen LogP contribution in [0.15, 0.2) is 17.5 Å². The SMILES string of the molecule is CC1CCCC(CBr)(NC(=O)CCCc2cccs2)C1. The van der Waals surface area contributed by atoms with Gasteiger partial charge in [-0.15, -0.1) is 11.3 Å². The Labute approximate surface area is 134 Å². The summed E-state index contributed by atoms with van der Waals surface area (Å²) in [5, 5.41) is 6.28. The number of aryl methyl sites for hydroxylation is 1. The highest BCUT2D eigenvalue weighted by atomic mass is 79.9. The van der Waals surface area contributed by atoms with Crippen molar-refractivity contribution in [1.29, 1.82) is 0 Å². The second-order valence-electron chi connectivity index (χ2n) is 6.10. The number of amides is 1. The summed E-state index contributed by atoms with van der Waals surface area (Å²) in [5.74, 6) is 0.933. The van der Waals surface area contributed by atoms with Gasteiger partial charge in [0.25, 0.3) is 0 Å². The van der Waals surface area contributed by atoms with E-state index in [-0.39, 0.29) is 11.4 Å². The molecule has 1 aromatic heterocycles. The molecule has 1 heterocycles. The Morgan fingerprint density at radius 2 is 2.45 bits per heavy atom. The maximum Gasteiger partial charge on any atom is 0.220 e. The van der Waals surface area contributed by atoms with Gasteiger partial charge in [0, 0.05) is 22.2 Å². The maximum atomic E-state index is 12.2. The molecule has 0 aromatic carbocycles. The monoisotopic (exact) mass is 357 g/mol. The molecule has 2 nitrogen and oxygen atoms in total. The number of carbonyl (C=O) groups excluding carboxylic acids is 1. The summed E-state index contributed by atoms with van der Waals surface area (Å²) >= 11 is 5.39. The molecule has 0 spiro atoms. The summed E-state index contributed by atoms with van der Waals surface area (Å²) in [6, 6.07) is 4.22. The molecule has 0 bridgehead atoms. The molecule has 2 rings (SSSR count). The number of hydrogen-bond donors (Lipinski definition) is 1. The first kappa shape index (κ1) is 16.0. The average molecular weight is 358 g/mol. The fourth-order valence-corrected chi connectivity index (χ4v) is 4.57. The third-order valence-corrected chi connectivity index (χ3v) is 6.17. The van der Waals surface area contributed by atoms with Crippen LogP contribution >= 0.6 is 27.3 Å². The van der Waals surface area contributed by atoms with Crippen LogP contribution in [0.4, 0.5) is 0 Å². The number of halogens is 1. The summed E-state index contributed by atoms with van der Waals surface area (Å²) in [6.07, 6.45) is 7.34. The lowest BCUT2D eigenvalue weighted by Gasteiger charge is -2.39. The Kier molecular flexibility index (Phi) is 6.09. The van der Waals surface area contributed by atoms with Crippen LogP contribution in [0, 0.1) is 5.92 Å². The normalized spacial score (nSPS) is 26.4. The van der Waals surface area contributed by atoms with Crippen LogP contribution in [0.5, 0.6) is 0 Å². The first-order valence-electron chi connectivity index (χ1n) is 7.53. The Morgan fingerprint density at radius 3 is 3.10 bits per heavy atom. The van der Waals surface area contributed by atoms with E-state index in [9.17, 15) is 4.79 Å². The molecular weight excluding hydrogens is 334 g/mol. The molecule has 2 atom stereocenters. The second kappa shape index (κ2) is 7.60. The standard InChI is InChI=1S/C16H24BrNOS/c1-13-5-3-9-16(11-13,12-17)18-15(19)8-2-6-14-7-4-10-20-14/h4,7,10,13H,2-3,5-6,8-9,11-12H2,1H3,(H,18,19). The lowest BCUT2D eigenvalue weighted by Crippen LogP contribution is -2.52. The summed E-state index contributed by atoms with van der Waals surface area (Å²) in [5.41, 5.74) is -0.00230. The number of alkyl halides is 1. The minimum absolute atomic E-state index is 0.00230. The van der Waals surface area contributed by atoms with Crippen LogP contribution in [-0.2, 0) is 11.2 Å². The van der Waals surface area contributed by atoms with Gasteiger partial charge in [0.05, 0.1) is 0 Å². The molecule has 0 radical (unpaired) electrons. The first-order valence-corrected chi connectivity index (χ1v) is 9.53. The number of hydrogen-bond acceptors (Lipinski definition) is 2. The van der Waals surface area contributed by atoms with Crippen molar-refractivity contribution in [2.24, 2.45) is 5.92 Å². The molecule has 1 aromatic rings. The van der Waals surface area contributed by atoms with E-state index in [2.05, 4.69) is 45.7 Å². The van der Waals surface area contributed by atoms with E-state index < -0.39 is 0 Å². The highest BCUT2D eigenvalue weighted by Crippen LogP contribution is 2.33. The molecule has 2 unspecified atom stereocenters. The van der Waals surface area contributed by atoms with Gasteiger partial charge in [-0.2, -0.15) is 0 Å². The van der Waals surface area contributed by atoms with Crippen molar-refractivity contribution in [3.63, 3.8) is 0 Å². The lowest BCUT2D eigenvalue weighted by molar-refractivity contribution is -0.123. The third kappa shape index (κ3) is 4.59. The zero-order valence-electron chi connectivity index (χ0n) is 12.2. The highest BCUT2D eigenvalue weighted by Gasteiger charge is 2.35. The van der Waals surface area contributed by atoms with Crippen molar-refractivity contribution in [3.05, 3.63) is 22.4 Å². The maximum absolute atomic E-state index is 12.2. The molecule has 1 aliphatic carbocycles. The topological polar surface area (TPSA) is 29.1 Å². The molecule has 0 saturated heterocycles. The average Bonchev–Trinajstić information content (AvgIpc) is 2.92. The Balaban J connectivity index is 1.77. The van der Waals surface area contributed by atoms with Gasteiger partial charge in [-0.1, -0.05) is 41.8 Å². The Morgan fingerprint density at radius 1 is 1.60 bits per heavy atom. The molecule has 0 aliphatic heterocycles. The Hall–Kier alpha value is -0.350. The fourth-order valence-electron chi connectivity index (χ4n) is 3.16. The summed E-state index contributed by atoms with van der Waals surface area (Å²) < 4.78 is 0. The molecular formula is C16H24BrNOS. The predicted octanol–water partition coefficient (Wildman–Crippen LogP) is 4.53. The molecule has 1 aliphatic rings. The van der Waals surface area contributed by atoms with E-state index in [4.69, 9.17) is 0 Å². The second-order valence-corrected chi connectivity index (χ2v) is 7.69. The van der Waals surface area contributed by atoms with Crippen molar-refractivity contribution in [3.8, 4) is 0 Å². The summed E-state index contributed by atoms with van der Waals surface area (Å²) in [7, 11) is 0. The molecule has 4 heteroatoms. The quantitative estimate of drug-likeness (QED) is 0.744. The van der Waals surface area contributed by atoms with Gasteiger partial charge in [-0.25, -0.2) is 0 Å². The minimum Gasteiger partial charge on any atom is -0.350 e. The number of carbonyl (C=O) groups is 1. The van der Waals surface area contributed by atoms with Gasteiger partial charge in [0.1, 0.15) is 0 Å². The van der Waals surface area contributed by atoms with Crippen molar-refractivity contribution < 1.29 is 4.79 Å². The van der Waals surface area contributed by atoms with E-state index >= 15 is 0 Å². The smallest absolute Gasteiger partial charge is 0.220 e. The highest BCUT2D eigenvalue weighted by molar-refractivity contribution is 9.09. The van der Waals surface area contributed by atoms with Gasteiger partial charge in [0.15, 0.2) is 0 Å². The van der Waals surface area contributed by atoms with Crippen molar-refractivity contribution >= 4 is 33.2 Å². The van der Waals surface area contributed by atoms with Crippen LogP contribution in [0.2, 0.25) is 0 Å². The zero-order chi connectivity index (χ0) is 14.4. The molecule has 112 valence electrons. The van der Waals surface area contributed by atoms with Crippen molar-refractivity contribution in [2.75, 3.05) is 5.33 Å². The van der Waals surface area contributed by atoms with Crippen LogP contribution in [-0.4, -0.2) is 16.8 Å². The summed E-state index contributed by atoms with van der Waals surface area (Å²) in [4.78, 5) is 13.6. The largest absolute Gasteiger partial charge is 0.350 e. The van der Waals surface area contributed by atoms with Crippen LogP contribution in [0.1, 0.15) is 50.3 Å². The van der Waals surface area contributed by atoms with E-state index in [0.29, 0.717) is 12.3 Å².